The Bertz CT molecular complexity index is 784. The molecule has 0 aliphatic carbocycles. The van der Waals surface area contributed by atoms with Crippen LogP contribution in [0.15, 0.2) is 60.7 Å². The van der Waals surface area contributed by atoms with E-state index in [1.165, 1.54) is 6.08 Å². The highest BCUT2D eigenvalue weighted by molar-refractivity contribution is 5.92. The summed E-state index contributed by atoms with van der Waals surface area (Å²) in [5.74, 6) is 0.0797. The first-order chi connectivity index (χ1) is 13.0. The molecule has 0 aliphatic rings. The number of hydrogen-bond donors (Lipinski definition) is 1. The molecule has 0 spiro atoms. The van der Waals surface area contributed by atoms with E-state index in [4.69, 9.17) is 9.47 Å². The molecule has 2 aromatic rings. The minimum absolute atomic E-state index is 0.0704. The number of esters is 1. The summed E-state index contributed by atoms with van der Waals surface area (Å²) in [5.41, 5.74) is 1.70. The molecular formula is C22H25NO4. The molecule has 0 heterocycles. The number of ether oxygens (including phenoxy) is 2. The summed E-state index contributed by atoms with van der Waals surface area (Å²) in [5, 5.41) is 2.88. The molecule has 0 bridgehead atoms. The summed E-state index contributed by atoms with van der Waals surface area (Å²) in [6.07, 6.45) is 3.02. The molecule has 0 aliphatic heterocycles. The Balaban J connectivity index is 2.08. The number of rotatable bonds is 8. The lowest BCUT2D eigenvalue weighted by Gasteiger charge is -2.18. The molecule has 0 fully saturated rings. The number of carbonyl (C=O) groups excluding carboxylic acids is 2. The van der Waals surface area contributed by atoms with E-state index < -0.39 is 6.04 Å². The third-order valence-electron chi connectivity index (χ3n) is 3.78. The first-order valence-corrected chi connectivity index (χ1v) is 8.85. The predicted octanol–water partition coefficient (Wildman–Crippen LogP) is 3.91. The van der Waals surface area contributed by atoms with Crippen molar-refractivity contribution in [3.8, 4) is 5.75 Å². The van der Waals surface area contributed by atoms with E-state index in [0.29, 0.717) is 0 Å². The maximum absolute atomic E-state index is 12.4. The highest BCUT2D eigenvalue weighted by atomic mass is 16.5. The highest BCUT2D eigenvalue weighted by Crippen LogP contribution is 2.18. The Labute approximate surface area is 160 Å². The molecule has 27 heavy (non-hydrogen) atoms. The van der Waals surface area contributed by atoms with Crippen molar-refractivity contribution in [1.82, 2.24) is 5.32 Å². The Morgan fingerprint density at radius 3 is 2.48 bits per heavy atom. The van der Waals surface area contributed by atoms with Gasteiger partial charge in [-0.2, -0.15) is 0 Å². The summed E-state index contributed by atoms with van der Waals surface area (Å²) in [7, 11) is 1.59. The zero-order chi connectivity index (χ0) is 19.6. The summed E-state index contributed by atoms with van der Waals surface area (Å²) in [4.78, 5) is 24.4. The predicted molar refractivity (Wildman–Crippen MR) is 105 cm³/mol. The van der Waals surface area contributed by atoms with Crippen LogP contribution in [-0.4, -0.2) is 25.1 Å². The van der Waals surface area contributed by atoms with Gasteiger partial charge in [0.2, 0.25) is 5.91 Å². The largest absolute Gasteiger partial charge is 0.497 e. The summed E-state index contributed by atoms with van der Waals surface area (Å²) >= 11 is 0. The molecule has 0 saturated heterocycles. The second kappa shape index (κ2) is 10.2. The van der Waals surface area contributed by atoms with Gasteiger partial charge in [-0.25, -0.2) is 0 Å². The molecule has 1 atom stereocenters. The van der Waals surface area contributed by atoms with Gasteiger partial charge in [-0.05, 0) is 43.2 Å². The number of hydrogen-bond acceptors (Lipinski definition) is 4. The van der Waals surface area contributed by atoms with E-state index in [9.17, 15) is 9.59 Å². The smallest absolute Gasteiger partial charge is 0.308 e. The molecule has 2 rings (SSSR count). The number of methoxy groups -OCH3 is 1. The van der Waals surface area contributed by atoms with Crippen molar-refractivity contribution in [3.63, 3.8) is 0 Å². The molecule has 5 heteroatoms. The van der Waals surface area contributed by atoms with E-state index >= 15 is 0 Å². The SMILES string of the molecule is COc1cccc(/C=C/C(=O)NC(CC(=O)OC(C)C)c2ccccc2)c1. The van der Waals surface area contributed by atoms with E-state index in [2.05, 4.69) is 5.32 Å². The van der Waals surface area contributed by atoms with Crippen LogP contribution in [0.5, 0.6) is 5.75 Å². The van der Waals surface area contributed by atoms with E-state index in [-0.39, 0.29) is 24.4 Å². The molecule has 142 valence electrons. The molecule has 0 saturated carbocycles. The van der Waals surface area contributed by atoms with Crippen LogP contribution in [-0.2, 0) is 14.3 Å². The van der Waals surface area contributed by atoms with Crippen LogP contribution in [0.2, 0.25) is 0 Å². The topological polar surface area (TPSA) is 64.6 Å². The fourth-order valence-electron chi connectivity index (χ4n) is 2.55. The molecule has 1 N–H and O–H groups in total. The normalized spacial score (nSPS) is 12.0. The molecule has 0 radical (unpaired) electrons. The summed E-state index contributed by atoms with van der Waals surface area (Å²) in [6.45, 7) is 3.59. The Kier molecular flexibility index (Phi) is 7.62. The van der Waals surface area contributed by atoms with E-state index in [0.717, 1.165) is 16.9 Å². The lowest BCUT2D eigenvalue weighted by molar-refractivity contribution is -0.148. The third-order valence-corrected chi connectivity index (χ3v) is 3.78. The van der Waals surface area contributed by atoms with Crippen molar-refractivity contribution in [2.45, 2.75) is 32.4 Å². The minimum Gasteiger partial charge on any atom is -0.497 e. The Hall–Kier alpha value is -3.08. The fraction of sp³-hybridized carbons (Fsp3) is 0.273. The average molecular weight is 367 g/mol. The molecule has 1 amide bonds. The summed E-state index contributed by atoms with van der Waals surface area (Å²) in [6, 6.07) is 16.3. The van der Waals surface area contributed by atoms with Gasteiger partial charge in [0, 0.05) is 6.08 Å². The first kappa shape index (κ1) is 20.2. The summed E-state index contributed by atoms with van der Waals surface area (Å²) < 4.78 is 10.4. The lowest BCUT2D eigenvalue weighted by Crippen LogP contribution is -2.29. The van der Waals surface area contributed by atoms with Crippen LogP contribution in [0.3, 0.4) is 0 Å². The molecule has 1 unspecified atom stereocenters. The van der Waals surface area contributed by atoms with Crippen molar-refractivity contribution in [3.05, 3.63) is 71.8 Å². The van der Waals surface area contributed by atoms with E-state index in [1.54, 1.807) is 27.0 Å². The van der Waals surface area contributed by atoms with Crippen LogP contribution < -0.4 is 10.1 Å². The number of amides is 1. The lowest BCUT2D eigenvalue weighted by atomic mass is 10.0. The van der Waals surface area contributed by atoms with E-state index in [1.807, 2.05) is 54.6 Å². The number of nitrogens with one attached hydrogen (secondary N) is 1. The van der Waals surface area contributed by atoms with Crippen molar-refractivity contribution in [1.29, 1.82) is 0 Å². The van der Waals surface area contributed by atoms with Gasteiger partial charge in [-0.3, -0.25) is 9.59 Å². The van der Waals surface area contributed by atoms with Gasteiger partial charge in [0.25, 0.3) is 0 Å². The van der Waals surface area contributed by atoms with Gasteiger partial charge in [0.1, 0.15) is 5.75 Å². The minimum atomic E-state index is -0.458. The Morgan fingerprint density at radius 2 is 1.81 bits per heavy atom. The molecule has 0 aromatic heterocycles. The van der Waals surface area contributed by atoms with Crippen LogP contribution in [0.4, 0.5) is 0 Å². The van der Waals surface area contributed by atoms with Gasteiger partial charge in [-0.15, -0.1) is 0 Å². The van der Waals surface area contributed by atoms with Crippen molar-refractivity contribution >= 4 is 18.0 Å². The van der Waals surface area contributed by atoms with Crippen LogP contribution in [0.25, 0.3) is 6.08 Å². The van der Waals surface area contributed by atoms with Crippen molar-refractivity contribution in [2.24, 2.45) is 0 Å². The highest BCUT2D eigenvalue weighted by Gasteiger charge is 2.19. The second-order valence-electron chi connectivity index (χ2n) is 6.32. The standard InChI is InChI=1S/C22H25NO4/c1-16(2)27-22(25)15-20(18-9-5-4-6-10-18)23-21(24)13-12-17-8-7-11-19(14-17)26-3/h4-14,16,20H,15H2,1-3H3,(H,23,24)/b13-12+. The third kappa shape index (κ3) is 6.98. The van der Waals surface area contributed by atoms with Gasteiger partial charge in [0.15, 0.2) is 0 Å². The fourth-order valence-corrected chi connectivity index (χ4v) is 2.55. The van der Waals surface area contributed by atoms with Gasteiger partial charge in [-0.1, -0.05) is 42.5 Å². The van der Waals surface area contributed by atoms with Gasteiger partial charge >= 0.3 is 5.97 Å². The first-order valence-electron chi connectivity index (χ1n) is 8.85. The maximum atomic E-state index is 12.4. The van der Waals surface area contributed by atoms with Crippen molar-refractivity contribution < 1.29 is 19.1 Å². The van der Waals surface area contributed by atoms with Gasteiger partial charge in [0.05, 0.1) is 25.7 Å². The van der Waals surface area contributed by atoms with Crippen LogP contribution in [0, 0.1) is 0 Å². The number of benzene rings is 2. The second-order valence-corrected chi connectivity index (χ2v) is 6.32. The van der Waals surface area contributed by atoms with Crippen molar-refractivity contribution in [2.75, 3.05) is 7.11 Å². The zero-order valence-corrected chi connectivity index (χ0v) is 15.8. The monoisotopic (exact) mass is 367 g/mol. The van der Waals surface area contributed by atoms with Crippen LogP contribution in [0.1, 0.15) is 37.4 Å². The van der Waals surface area contributed by atoms with Gasteiger partial charge < -0.3 is 14.8 Å². The zero-order valence-electron chi connectivity index (χ0n) is 15.8. The molecular weight excluding hydrogens is 342 g/mol. The maximum Gasteiger partial charge on any atom is 0.308 e. The Morgan fingerprint density at radius 1 is 1.07 bits per heavy atom. The molecule has 2 aromatic carbocycles. The van der Waals surface area contributed by atoms with Crippen LogP contribution >= 0.6 is 0 Å². The average Bonchev–Trinajstić information content (AvgIpc) is 2.66. The number of carbonyl (C=O) groups is 2. The molecule has 5 nitrogen and oxygen atoms in total. The quantitative estimate of drug-likeness (QED) is 0.568.